The van der Waals surface area contributed by atoms with E-state index >= 15 is 0 Å². The van der Waals surface area contributed by atoms with Gasteiger partial charge in [0, 0.05) is 42.7 Å². The molecule has 1 amide bonds. The van der Waals surface area contributed by atoms with Crippen LogP contribution in [0.15, 0.2) is 60.8 Å². The summed E-state index contributed by atoms with van der Waals surface area (Å²) in [6, 6.07) is 18.8. The lowest BCUT2D eigenvalue weighted by atomic mass is 9.90. The molecule has 4 heteroatoms. The zero-order chi connectivity index (χ0) is 18.6. The van der Waals surface area contributed by atoms with Crippen LogP contribution in [0.3, 0.4) is 0 Å². The number of amides is 1. The topological polar surface area (TPSA) is 48.1 Å². The number of aromatic amines is 1. The van der Waals surface area contributed by atoms with E-state index in [4.69, 9.17) is 0 Å². The minimum atomic E-state index is -0.167. The number of nitrogens with zero attached hydrogens (tertiary/aromatic N) is 1. The molecule has 4 rings (SSSR count). The van der Waals surface area contributed by atoms with Crippen LogP contribution in [-0.2, 0) is 4.79 Å². The number of likely N-dealkylation sites (tertiary alicyclic amines) is 1. The number of aromatic nitrogens is 1. The lowest BCUT2D eigenvalue weighted by Crippen LogP contribution is -2.44. The van der Waals surface area contributed by atoms with Crippen molar-refractivity contribution in [3.8, 4) is 0 Å². The lowest BCUT2D eigenvalue weighted by Gasteiger charge is -2.24. The third kappa shape index (κ3) is 3.76. The van der Waals surface area contributed by atoms with E-state index in [-0.39, 0.29) is 17.9 Å². The molecular weight excluding hydrogens is 334 g/mol. The summed E-state index contributed by atoms with van der Waals surface area (Å²) in [6.07, 6.45) is 4.36. The second-order valence-electron chi connectivity index (χ2n) is 7.42. The Hall–Kier alpha value is -2.59. The number of nitrogens with one attached hydrogen (secondary N) is 2. The first-order valence-electron chi connectivity index (χ1n) is 9.87. The molecule has 0 saturated carbocycles. The molecule has 1 aliphatic heterocycles. The van der Waals surface area contributed by atoms with Crippen LogP contribution in [0.4, 0.5) is 0 Å². The first-order valence-corrected chi connectivity index (χ1v) is 9.87. The molecule has 0 radical (unpaired) electrons. The quantitative estimate of drug-likeness (QED) is 0.699. The van der Waals surface area contributed by atoms with E-state index in [1.807, 2.05) is 17.9 Å². The summed E-state index contributed by atoms with van der Waals surface area (Å²) in [5.41, 5.74) is 3.68. The molecule has 140 valence electrons. The molecule has 27 heavy (non-hydrogen) atoms. The highest BCUT2D eigenvalue weighted by Crippen LogP contribution is 2.30. The first kappa shape index (κ1) is 17.8. The maximum absolute atomic E-state index is 12.7. The third-order valence-corrected chi connectivity index (χ3v) is 5.61. The number of hydrogen-bond donors (Lipinski definition) is 2. The van der Waals surface area contributed by atoms with Crippen LogP contribution >= 0.6 is 0 Å². The molecule has 2 atom stereocenters. The first-order chi connectivity index (χ1) is 13.2. The number of H-pyrrole nitrogens is 1. The van der Waals surface area contributed by atoms with Gasteiger partial charge in [0.1, 0.15) is 0 Å². The molecule has 1 saturated heterocycles. The smallest absolute Gasteiger partial charge is 0.239 e. The van der Waals surface area contributed by atoms with E-state index < -0.39 is 0 Å². The molecular formula is C23H27N3O. The predicted octanol–water partition coefficient (Wildman–Crippen LogP) is 3.90. The highest BCUT2D eigenvalue weighted by atomic mass is 16.2. The molecule has 1 aromatic heterocycles. The van der Waals surface area contributed by atoms with Gasteiger partial charge in [-0.15, -0.1) is 0 Å². The standard InChI is InChI=1S/C23H27N3O/c1-17(23(27)26-13-7-8-14-26)24-15-20(18-9-3-2-4-10-18)21-16-25-22-12-6-5-11-19(21)22/h2-6,9-12,16-17,20,24-25H,7-8,13-15H2,1H3. The third-order valence-electron chi connectivity index (χ3n) is 5.61. The van der Waals surface area contributed by atoms with Crippen LogP contribution < -0.4 is 5.32 Å². The van der Waals surface area contributed by atoms with Crippen LogP contribution in [0, 0.1) is 0 Å². The van der Waals surface area contributed by atoms with Crippen molar-refractivity contribution in [2.45, 2.75) is 31.7 Å². The van der Waals surface area contributed by atoms with Crippen molar-refractivity contribution in [1.29, 1.82) is 0 Å². The number of para-hydroxylation sites is 1. The Balaban J connectivity index is 1.57. The van der Waals surface area contributed by atoms with Crippen molar-refractivity contribution >= 4 is 16.8 Å². The summed E-state index contributed by atoms with van der Waals surface area (Å²) >= 11 is 0. The number of rotatable bonds is 6. The summed E-state index contributed by atoms with van der Waals surface area (Å²) in [7, 11) is 0. The maximum Gasteiger partial charge on any atom is 0.239 e. The van der Waals surface area contributed by atoms with E-state index in [0.29, 0.717) is 0 Å². The van der Waals surface area contributed by atoms with Crippen molar-refractivity contribution in [3.63, 3.8) is 0 Å². The predicted molar refractivity (Wildman–Crippen MR) is 110 cm³/mol. The lowest BCUT2D eigenvalue weighted by molar-refractivity contribution is -0.131. The molecule has 0 aliphatic carbocycles. The van der Waals surface area contributed by atoms with E-state index in [9.17, 15) is 4.79 Å². The monoisotopic (exact) mass is 361 g/mol. The van der Waals surface area contributed by atoms with Crippen molar-refractivity contribution in [2.24, 2.45) is 0 Å². The van der Waals surface area contributed by atoms with Gasteiger partial charge in [-0.25, -0.2) is 0 Å². The fourth-order valence-electron chi connectivity index (χ4n) is 4.07. The molecule has 2 aromatic carbocycles. The zero-order valence-corrected chi connectivity index (χ0v) is 15.8. The Bertz CT molecular complexity index is 896. The van der Waals surface area contributed by atoms with Crippen LogP contribution in [-0.4, -0.2) is 41.5 Å². The number of hydrogen-bond acceptors (Lipinski definition) is 2. The fraction of sp³-hybridized carbons (Fsp3) is 0.348. The van der Waals surface area contributed by atoms with Gasteiger partial charge in [-0.05, 0) is 37.0 Å². The summed E-state index contributed by atoms with van der Waals surface area (Å²) in [4.78, 5) is 18.0. The number of carbonyl (C=O) groups excluding carboxylic acids is 1. The molecule has 0 spiro atoms. The van der Waals surface area contributed by atoms with Crippen molar-refractivity contribution in [1.82, 2.24) is 15.2 Å². The Morgan fingerprint density at radius 3 is 2.56 bits per heavy atom. The maximum atomic E-state index is 12.7. The molecule has 0 bridgehead atoms. The van der Waals surface area contributed by atoms with Crippen LogP contribution in [0.5, 0.6) is 0 Å². The van der Waals surface area contributed by atoms with E-state index in [1.165, 1.54) is 16.5 Å². The molecule has 1 fully saturated rings. The van der Waals surface area contributed by atoms with Crippen molar-refractivity contribution < 1.29 is 4.79 Å². The van der Waals surface area contributed by atoms with Gasteiger partial charge in [-0.2, -0.15) is 0 Å². The van der Waals surface area contributed by atoms with Gasteiger partial charge in [-0.3, -0.25) is 4.79 Å². The van der Waals surface area contributed by atoms with Gasteiger partial charge in [0.2, 0.25) is 5.91 Å². The minimum Gasteiger partial charge on any atom is -0.361 e. The normalized spacial score (nSPS) is 16.6. The number of carbonyl (C=O) groups is 1. The highest BCUT2D eigenvalue weighted by Gasteiger charge is 2.25. The highest BCUT2D eigenvalue weighted by molar-refractivity contribution is 5.84. The van der Waals surface area contributed by atoms with Gasteiger partial charge >= 0.3 is 0 Å². The van der Waals surface area contributed by atoms with Gasteiger partial charge < -0.3 is 15.2 Å². The average molecular weight is 361 g/mol. The van der Waals surface area contributed by atoms with Crippen molar-refractivity contribution in [2.75, 3.05) is 19.6 Å². The molecule has 1 aliphatic rings. The van der Waals surface area contributed by atoms with E-state index in [1.54, 1.807) is 0 Å². The molecule has 4 nitrogen and oxygen atoms in total. The number of fused-ring (bicyclic) bond motifs is 1. The Labute approximate surface area is 160 Å². The molecule has 2 unspecified atom stereocenters. The molecule has 2 heterocycles. The van der Waals surface area contributed by atoms with E-state index in [2.05, 4.69) is 65.0 Å². The molecule has 2 N–H and O–H groups in total. The largest absolute Gasteiger partial charge is 0.361 e. The number of benzene rings is 2. The Morgan fingerprint density at radius 2 is 1.78 bits per heavy atom. The van der Waals surface area contributed by atoms with Gasteiger partial charge in [0.05, 0.1) is 6.04 Å². The summed E-state index contributed by atoms with van der Waals surface area (Å²) in [5.74, 6) is 0.411. The second kappa shape index (κ2) is 7.97. The van der Waals surface area contributed by atoms with Gasteiger partial charge in [-0.1, -0.05) is 48.5 Å². The Morgan fingerprint density at radius 1 is 1.07 bits per heavy atom. The van der Waals surface area contributed by atoms with Gasteiger partial charge in [0.15, 0.2) is 0 Å². The van der Waals surface area contributed by atoms with E-state index in [0.717, 1.165) is 38.0 Å². The molecule has 3 aromatic rings. The summed E-state index contributed by atoms with van der Waals surface area (Å²) in [5, 5.41) is 4.75. The van der Waals surface area contributed by atoms with Gasteiger partial charge in [0.25, 0.3) is 0 Å². The fourth-order valence-corrected chi connectivity index (χ4v) is 4.07. The SMILES string of the molecule is CC(NCC(c1ccccc1)c1c[nH]c2ccccc12)C(=O)N1CCCC1. The summed E-state index contributed by atoms with van der Waals surface area (Å²) < 4.78 is 0. The average Bonchev–Trinajstić information content (AvgIpc) is 3.39. The summed E-state index contributed by atoms with van der Waals surface area (Å²) in [6.45, 7) is 4.51. The zero-order valence-electron chi connectivity index (χ0n) is 15.8. The Kier molecular flexibility index (Phi) is 5.26. The minimum absolute atomic E-state index is 0.167. The second-order valence-corrected chi connectivity index (χ2v) is 7.42. The van der Waals surface area contributed by atoms with Crippen LogP contribution in [0.25, 0.3) is 10.9 Å². The van der Waals surface area contributed by atoms with Crippen LogP contribution in [0.2, 0.25) is 0 Å². The van der Waals surface area contributed by atoms with Crippen molar-refractivity contribution in [3.05, 3.63) is 71.9 Å². The van der Waals surface area contributed by atoms with Crippen LogP contribution in [0.1, 0.15) is 36.8 Å².